The Hall–Kier alpha value is -1.75. The molecule has 0 radical (unpaired) electrons. The zero-order valence-electron chi connectivity index (χ0n) is 10.5. The smallest absolute Gasteiger partial charge is 0.253 e. The number of aliphatic hydroxyl groups is 1. The van der Waals surface area contributed by atoms with Crippen LogP contribution in [0.2, 0.25) is 0 Å². The average molecular weight is 249 g/mol. The number of nitrogens with zero attached hydrogens (tertiary/aromatic N) is 1. The Morgan fingerprint density at radius 1 is 1.61 bits per heavy atom. The molecule has 1 heterocycles. The van der Waals surface area contributed by atoms with E-state index in [0.717, 1.165) is 25.2 Å². The number of nitrogens with two attached hydrogens (primary N) is 1. The third-order valence-electron chi connectivity index (χ3n) is 3.38. The standard InChI is InChI=1S/C13H19N3O2/c1-15-13(18)11-3-2-10(14)6-12(11)16-5-4-9(7-16)8-17/h2-3,6,9,17H,4-5,7-8,14H2,1H3,(H,15,18). The summed E-state index contributed by atoms with van der Waals surface area (Å²) in [5.41, 5.74) is 7.92. The number of hydrogen-bond donors (Lipinski definition) is 3. The Morgan fingerprint density at radius 2 is 2.39 bits per heavy atom. The van der Waals surface area contributed by atoms with E-state index in [1.54, 1.807) is 19.2 Å². The Kier molecular flexibility index (Phi) is 3.72. The third-order valence-corrected chi connectivity index (χ3v) is 3.38. The van der Waals surface area contributed by atoms with Crippen molar-refractivity contribution in [3.63, 3.8) is 0 Å². The van der Waals surface area contributed by atoms with Gasteiger partial charge in [-0.25, -0.2) is 0 Å². The highest BCUT2D eigenvalue weighted by atomic mass is 16.3. The van der Waals surface area contributed by atoms with Crippen LogP contribution in [0, 0.1) is 5.92 Å². The van der Waals surface area contributed by atoms with Gasteiger partial charge in [-0.2, -0.15) is 0 Å². The highest BCUT2D eigenvalue weighted by molar-refractivity contribution is 6.00. The minimum atomic E-state index is -0.113. The maximum absolute atomic E-state index is 11.8. The van der Waals surface area contributed by atoms with Crippen LogP contribution < -0.4 is 16.0 Å². The molecule has 2 rings (SSSR count). The lowest BCUT2D eigenvalue weighted by Crippen LogP contribution is -2.26. The molecule has 1 amide bonds. The van der Waals surface area contributed by atoms with E-state index in [1.807, 2.05) is 6.07 Å². The molecule has 18 heavy (non-hydrogen) atoms. The van der Waals surface area contributed by atoms with Crippen molar-refractivity contribution in [2.75, 3.05) is 37.4 Å². The number of anilines is 2. The number of amides is 1. The number of carbonyl (C=O) groups is 1. The molecule has 1 fully saturated rings. The van der Waals surface area contributed by atoms with Gasteiger partial charge < -0.3 is 21.1 Å². The summed E-state index contributed by atoms with van der Waals surface area (Å²) in [7, 11) is 1.61. The summed E-state index contributed by atoms with van der Waals surface area (Å²) in [6, 6.07) is 5.30. The molecule has 0 spiro atoms. The van der Waals surface area contributed by atoms with Crippen LogP contribution in [0.4, 0.5) is 11.4 Å². The number of nitrogens with one attached hydrogen (secondary N) is 1. The molecule has 0 bridgehead atoms. The van der Waals surface area contributed by atoms with E-state index in [1.165, 1.54) is 0 Å². The fraction of sp³-hybridized carbons (Fsp3) is 0.462. The fourth-order valence-corrected chi connectivity index (χ4v) is 2.34. The van der Waals surface area contributed by atoms with Crippen LogP contribution in [0.5, 0.6) is 0 Å². The van der Waals surface area contributed by atoms with Crippen molar-refractivity contribution in [2.45, 2.75) is 6.42 Å². The summed E-state index contributed by atoms with van der Waals surface area (Å²) >= 11 is 0. The lowest BCUT2D eigenvalue weighted by Gasteiger charge is -2.21. The highest BCUT2D eigenvalue weighted by Gasteiger charge is 2.25. The minimum Gasteiger partial charge on any atom is -0.399 e. The van der Waals surface area contributed by atoms with E-state index in [2.05, 4.69) is 10.2 Å². The predicted octanol–water partition coefficient (Wildman–Crippen LogP) is 0.447. The van der Waals surface area contributed by atoms with Gasteiger partial charge in [-0.05, 0) is 24.6 Å². The zero-order chi connectivity index (χ0) is 13.1. The van der Waals surface area contributed by atoms with Crippen LogP contribution in [-0.2, 0) is 0 Å². The molecular formula is C13H19N3O2. The Balaban J connectivity index is 2.31. The van der Waals surface area contributed by atoms with Gasteiger partial charge in [-0.3, -0.25) is 4.79 Å². The van der Waals surface area contributed by atoms with E-state index < -0.39 is 0 Å². The first-order valence-corrected chi connectivity index (χ1v) is 6.13. The molecule has 0 aliphatic carbocycles. The van der Waals surface area contributed by atoms with Crippen molar-refractivity contribution in [2.24, 2.45) is 5.92 Å². The van der Waals surface area contributed by atoms with E-state index in [-0.39, 0.29) is 18.4 Å². The van der Waals surface area contributed by atoms with E-state index in [9.17, 15) is 9.90 Å². The number of carbonyl (C=O) groups excluding carboxylic acids is 1. The van der Waals surface area contributed by atoms with Crippen LogP contribution in [-0.4, -0.2) is 37.8 Å². The van der Waals surface area contributed by atoms with Gasteiger partial charge in [-0.15, -0.1) is 0 Å². The fourth-order valence-electron chi connectivity index (χ4n) is 2.34. The van der Waals surface area contributed by atoms with E-state index >= 15 is 0 Å². The topological polar surface area (TPSA) is 78.6 Å². The van der Waals surface area contributed by atoms with Crippen LogP contribution >= 0.6 is 0 Å². The van der Waals surface area contributed by atoms with E-state index in [0.29, 0.717) is 11.3 Å². The Morgan fingerprint density at radius 3 is 3.00 bits per heavy atom. The SMILES string of the molecule is CNC(=O)c1ccc(N)cc1N1CCC(CO)C1. The minimum absolute atomic E-state index is 0.113. The van der Waals surface area contributed by atoms with Crippen LogP contribution in [0.1, 0.15) is 16.8 Å². The van der Waals surface area contributed by atoms with Gasteiger partial charge in [0.1, 0.15) is 0 Å². The molecule has 1 aliphatic rings. The quantitative estimate of drug-likeness (QED) is 0.679. The molecule has 98 valence electrons. The summed E-state index contributed by atoms with van der Waals surface area (Å²) in [6.07, 6.45) is 0.943. The number of benzene rings is 1. The van der Waals surface area contributed by atoms with Gasteiger partial charge in [0.15, 0.2) is 0 Å². The van der Waals surface area contributed by atoms with Gasteiger partial charge >= 0.3 is 0 Å². The largest absolute Gasteiger partial charge is 0.399 e. The van der Waals surface area contributed by atoms with Crippen molar-refractivity contribution in [1.82, 2.24) is 5.32 Å². The first kappa shape index (κ1) is 12.7. The molecule has 1 aromatic rings. The van der Waals surface area contributed by atoms with Gasteiger partial charge in [0, 0.05) is 38.3 Å². The van der Waals surface area contributed by atoms with Gasteiger partial charge in [0.2, 0.25) is 0 Å². The number of aliphatic hydroxyl groups excluding tert-OH is 1. The summed E-state index contributed by atoms with van der Waals surface area (Å²) in [5.74, 6) is 0.168. The van der Waals surface area contributed by atoms with Crippen LogP contribution in [0.15, 0.2) is 18.2 Å². The monoisotopic (exact) mass is 249 g/mol. The zero-order valence-corrected chi connectivity index (χ0v) is 10.5. The summed E-state index contributed by atoms with van der Waals surface area (Å²) in [4.78, 5) is 13.9. The molecule has 5 heteroatoms. The number of hydrogen-bond acceptors (Lipinski definition) is 4. The van der Waals surface area contributed by atoms with E-state index in [4.69, 9.17) is 5.73 Å². The normalized spacial score (nSPS) is 19.0. The molecule has 5 nitrogen and oxygen atoms in total. The summed E-state index contributed by atoms with van der Waals surface area (Å²) < 4.78 is 0. The van der Waals surface area contributed by atoms with Gasteiger partial charge in [0.05, 0.1) is 11.3 Å². The van der Waals surface area contributed by atoms with Crippen molar-refractivity contribution in [3.05, 3.63) is 23.8 Å². The molecule has 0 saturated carbocycles. The second-order valence-electron chi connectivity index (χ2n) is 4.64. The Labute approximate surface area is 107 Å². The maximum atomic E-state index is 11.8. The lowest BCUT2D eigenvalue weighted by molar-refractivity contribution is 0.0963. The molecule has 1 aliphatic heterocycles. The van der Waals surface area contributed by atoms with Gasteiger partial charge in [0.25, 0.3) is 5.91 Å². The number of nitrogen functional groups attached to an aromatic ring is 1. The van der Waals surface area contributed by atoms with Crippen LogP contribution in [0.25, 0.3) is 0 Å². The predicted molar refractivity (Wildman–Crippen MR) is 71.7 cm³/mol. The average Bonchev–Trinajstić information content (AvgIpc) is 2.86. The summed E-state index contributed by atoms with van der Waals surface area (Å²) in [5, 5.41) is 11.8. The maximum Gasteiger partial charge on any atom is 0.253 e. The first-order valence-electron chi connectivity index (χ1n) is 6.13. The first-order chi connectivity index (χ1) is 8.65. The molecule has 1 saturated heterocycles. The van der Waals surface area contributed by atoms with Crippen molar-refractivity contribution < 1.29 is 9.90 Å². The molecule has 1 unspecified atom stereocenters. The van der Waals surface area contributed by atoms with Crippen molar-refractivity contribution in [3.8, 4) is 0 Å². The molecular weight excluding hydrogens is 230 g/mol. The molecule has 4 N–H and O–H groups in total. The van der Waals surface area contributed by atoms with Crippen LogP contribution in [0.3, 0.4) is 0 Å². The second-order valence-corrected chi connectivity index (χ2v) is 4.64. The summed E-state index contributed by atoms with van der Waals surface area (Å²) in [6.45, 7) is 1.80. The second kappa shape index (κ2) is 5.27. The lowest BCUT2D eigenvalue weighted by atomic mass is 10.1. The van der Waals surface area contributed by atoms with Crippen molar-refractivity contribution in [1.29, 1.82) is 0 Å². The van der Waals surface area contributed by atoms with Gasteiger partial charge in [-0.1, -0.05) is 0 Å². The molecule has 1 aromatic carbocycles. The highest BCUT2D eigenvalue weighted by Crippen LogP contribution is 2.28. The Bertz CT molecular complexity index is 448. The molecule has 0 aromatic heterocycles. The third kappa shape index (κ3) is 2.41. The molecule has 1 atom stereocenters. The van der Waals surface area contributed by atoms with Crippen molar-refractivity contribution >= 4 is 17.3 Å². The number of rotatable bonds is 3.